The Morgan fingerprint density at radius 3 is 2.27 bits per heavy atom. The molecule has 0 unspecified atom stereocenters. The molecule has 0 spiro atoms. The molecule has 14 heteroatoms. The van der Waals surface area contributed by atoms with Crippen molar-refractivity contribution >= 4 is 45.4 Å². The SMILES string of the molecule is CC(C)(C)OC(=O)COc1ccc(C=NNC(=O)CN(c2cc(C(F)(F)F)ccc2Cl)S(C)(=O)=O)cc1. The number of halogens is 4. The molecule has 2 rings (SSSR count). The summed E-state index contributed by atoms with van der Waals surface area (Å²) in [5.74, 6) is -1.07. The van der Waals surface area contributed by atoms with Crippen LogP contribution in [0.15, 0.2) is 47.6 Å². The van der Waals surface area contributed by atoms with Gasteiger partial charge < -0.3 is 9.47 Å². The lowest BCUT2D eigenvalue weighted by molar-refractivity contribution is -0.157. The molecule has 0 atom stereocenters. The zero-order valence-corrected chi connectivity index (χ0v) is 21.9. The Kier molecular flexibility index (Phi) is 9.55. The summed E-state index contributed by atoms with van der Waals surface area (Å²) in [6, 6.07) is 8.39. The quantitative estimate of drug-likeness (QED) is 0.280. The summed E-state index contributed by atoms with van der Waals surface area (Å²) in [7, 11) is -4.18. The molecule has 0 saturated carbocycles. The van der Waals surface area contributed by atoms with Gasteiger partial charge in [0.25, 0.3) is 5.91 Å². The number of benzene rings is 2. The number of amides is 1. The van der Waals surface area contributed by atoms with Crippen LogP contribution < -0.4 is 14.5 Å². The molecule has 0 aliphatic carbocycles. The van der Waals surface area contributed by atoms with Crippen LogP contribution in [0, 0.1) is 0 Å². The minimum Gasteiger partial charge on any atom is -0.482 e. The number of nitrogens with zero attached hydrogens (tertiary/aromatic N) is 2. The van der Waals surface area contributed by atoms with Crippen LogP contribution in [0.25, 0.3) is 0 Å². The molecule has 0 aliphatic heterocycles. The molecule has 0 aromatic heterocycles. The molecule has 0 bridgehead atoms. The van der Waals surface area contributed by atoms with Crippen molar-refractivity contribution in [3.05, 3.63) is 58.6 Å². The molecule has 1 amide bonds. The summed E-state index contributed by atoms with van der Waals surface area (Å²) in [5.41, 5.74) is 0.367. The summed E-state index contributed by atoms with van der Waals surface area (Å²) in [4.78, 5) is 24.0. The van der Waals surface area contributed by atoms with Crippen molar-refractivity contribution in [2.24, 2.45) is 5.10 Å². The van der Waals surface area contributed by atoms with Crippen LogP contribution >= 0.6 is 11.6 Å². The minimum absolute atomic E-state index is 0.284. The monoisotopic (exact) mass is 563 g/mol. The number of hydrogen-bond acceptors (Lipinski definition) is 7. The Morgan fingerprint density at radius 1 is 1.11 bits per heavy atom. The van der Waals surface area contributed by atoms with Gasteiger partial charge in [-0.3, -0.25) is 9.10 Å². The maximum absolute atomic E-state index is 13.1. The summed E-state index contributed by atoms with van der Waals surface area (Å²) < 4.78 is 74.5. The van der Waals surface area contributed by atoms with E-state index in [1.807, 2.05) is 0 Å². The van der Waals surface area contributed by atoms with Crippen LogP contribution in [0.3, 0.4) is 0 Å². The van der Waals surface area contributed by atoms with Crippen molar-refractivity contribution in [2.75, 3.05) is 23.7 Å². The van der Waals surface area contributed by atoms with Gasteiger partial charge >= 0.3 is 12.1 Å². The van der Waals surface area contributed by atoms with E-state index in [-0.39, 0.29) is 11.6 Å². The number of rotatable bonds is 9. The topological polar surface area (TPSA) is 114 Å². The van der Waals surface area contributed by atoms with Crippen LogP contribution in [-0.2, 0) is 30.5 Å². The maximum atomic E-state index is 13.1. The molecule has 0 radical (unpaired) electrons. The number of ether oxygens (including phenoxy) is 2. The lowest BCUT2D eigenvalue weighted by Crippen LogP contribution is -2.39. The standard InChI is InChI=1S/C23H25ClF3N3O6S/c1-22(2,3)36-21(32)14-35-17-8-5-15(6-9-17)12-28-29-20(31)13-30(37(4,33)34)19-11-16(23(25,26)27)7-10-18(19)24/h5-12H,13-14H2,1-4H3,(H,29,31). The minimum atomic E-state index is -4.74. The molecule has 2 aromatic carbocycles. The van der Waals surface area contributed by atoms with E-state index in [0.717, 1.165) is 12.3 Å². The van der Waals surface area contributed by atoms with Gasteiger partial charge in [-0.2, -0.15) is 18.3 Å². The Bertz CT molecular complexity index is 1260. The predicted molar refractivity (Wildman–Crippen MR) is 132 cm³/mol. The number of nitrogens with one attached hydrogen (secondary N) is 1. The number of carbonyl (C=O) groups is 2. The Balaban J connectivity index is 2.02. The molecule has 9 nitrogen and oxygen atoms in total. The van der Waals surface area contributed by atoms with Crippen molar-refractivity contribution < 1.29 is 40.7 Å². The highest BCUT2D eigenvalue weighted by atomic mass is 35.5. The molecule has 37 heavy (non-hydrogen) atoms. The van der Waals surface area contributed by atoms with Gasteiger partial charge in [0.15, 0.2) is 6.61 Å². The summed E-state index contributed by atoms with van der Waals surface area (Å²) >= 11 is 5.92. The first-order chi connectivity index (χ1) is 17.0. The van der Waals surface area contributed by atoms with Gasteiger partial charge in [0, 0.05) is 0 Å². The van der Waals surface area contributed by atoms with Gasteiger partial charge in [0.1, 0.15) is 17.9 Å². The molecule has 202 valence electrons. The van der Waals surface area contributed by atoms with Crippen LogP contribution in [-0.4, -0.2) is 51.5 Å². The van der Waals surface area contributed by atoms with E-state index < -0.39 is 51.5 Å². The van der Waals surface area contributed by atoms with Gasteiger partial charge in [0.2, 0.25) is 10.0 Å². The average Bonchev–Trinajstić information content (AvgIpc) is 2.75. The molecule has 0 saturated heterocycles. The zero-order valence-electron chi connectivity index (χ0n) is 20.3. The van der Waals surface area contributed by atoms with Crippen molar-refractivity contribution in [3.63, 3.8) is 0 Å². The predicted octanol–water partition coefficient (Wildman–Crippen LogP) is 4.00. The van der Waals surface area contributed by atoms with E-state index in [1.54, 1.807) is 45.0 Å². The van der Waals surface area contributed by atoms with Crippen LogP contribution in [0.1, 0.15) is 31.9 Å². The Morgan fingerprint density at radius 2 is 1.73 bits per heavy atom. The summed E-state index contributed by atoms with van der Waals surface area (Å²) in [5, 5.41) is 3.43. The van der Waals surface area contributed by atoms with E-state index in [1.165, 1.54) is 6.21 Å². The number of sulfonamides is 1. The van der Waals surface area contributed by atoms with E-state index in [2.05, 4.69) is 10.5 Å². The second-order valence-corrected chi connectivity index (χ2v) is 11.0. The molecule has 0 fully saturated rings. The largest absolute Gasteiger partial charge is 0.482 e. The summed E-state index contributed by atoms with van der Waals surface area (Å²) in [6.45, 7) is 4.05. The highest BCUT2D eigenvalue weighted by Gasteiger charge is 2.33. The van der Waals surface area contributed by atoms with Crippen LogP contribution in [0.5, 0.6) is 5.75 Å². The fourth-order valence-corrected chi connectivity index (χ4v) is 3.90. The molecule has 1 N–H and O–H groups in total. The van der Waals surface area contributed by atoms with Gasteiger partial charge in [-0.1, -0.05) is 11.6 Å². The van der Waals surface area contributed by atoms with Crippen LogP contribution in [0.2, 0.25) is 5.02 Å². The lowest BCUT2D eigenvalue weighted by atomic mass is 10.2. The molecular formula is C23H25ClF3N3O6S. The molecule has 0 heterocycles. The number of esters is 1. The second kappa shape index (κ2) is 11.8. The normalized spacial score (nSPS) is 12.3. The number of anilines is 1. The highest BCUT2D eigenvalue weighted by Crippen LogP contribution is 2.36. The fraction of sp³-hybridized carbons (Fsp3) is 0.348. The van der Waals surface area contributed by atoms with Gasteiger partial charge in [-0.15, -0.1) is 0 Å². The summed E-state index contributed by atoms with van der Waals surface area (Å²) in [6.07, 6.45) is -2.77. The number of hydrogen-bond donors (Lipinski definition) is 1. The first kappa shape index (κ1) is 29.9. The maximum Gasteiger partial charge on any atom is 0.416 e. The van der Waals surface area contributed by atoms with E-state index >= 15 is 0 Å². The first-order valence-corrected chi connectivity index (χ1v) is 12.8. The van der Waals surface area contributed by atoms with Gasteiger partial charge in [0.05, 0.1) is 28.7 Å². The van der Waals surface area contributed by atoms with Crippen molar-refractivity contribution in [2.45, 2.75) is 32.5 Å². The third-order valence-corrected chi connectivity index (χ3v) is 5.74. The van der Waals surface area contributed by atoms with Gasteiger partial charge in [-0.25, -0.2) is 18.6 Å². The number of alkyl halides is 3. The third kappa shape index (κ3) is 9.92. The zero-order chi connectivity index (χ0) is 28.0. The Hall–Kier alpha value is -3.32. The lowest BCUT2D eigenvalue weighted by Gasteiger charge is -2.23. The van der Waals surface area contributed by atoms with Gasteiger partial charge in [-0.05, 0) is 68.8 Å². The smallest absolute Gasteiger partial charge is 0.416 e. The third-order valence-electron chi connectivity index (χ3n) is 4.29. The van der Waals surface area contributed by atoms with Crippen LogP contribution in [0.4, 0.5) is 18.9 Å². The van der Waals surface area contributed by atoms with Crippen molar-refractivity contribution in [3.8, 4) is 5.75 Å². The molecular weight excluding hydrogens is 539 g/mol. The second-order valence-electron chi connectivity index (χ2n) is 8.67. The molecule has 2 aromatic rings. The number of carbonyl (C=O) groups excluding carboxylic acids is 2. The van der Waals surface area contributed by atoms with E-state index in [0.29, 0.717) is 27.8 Å². The van der Waals surface area contributed by atoms with Crippen molar-refractivity contribution in [1.82, 2.24) is 5.43 Å². The molecule has 0 aliphatic rings. The number of hydrazone groups is 1. The van der Waals surface area contributed by atoms with E-state index in [4.69, 9.17) is 21.1 Å². The average molecular weight is 564 g/mol. The van der Waals surface area contributed by atoms with E-state index in [9.17, 15) is 31.2 Å². The Labute approximate surface area is 217 Å². The van der Waals surface area contributed by atoms with Crippen molar-refractivity contribution in [1.29, 1.82) is 0 Å². The first-order valence-electron chi connectivity index (χ1n) is 10.6. The highest BCUT2D eigenvalue weighted by molar-refractivity contribution is 7.92. The fourth-order valence-electron chi connectivity index (χ4n) is 2.77.